The summed E-state index contributed by atoms with van der Waals surface area (Å²) in [4.78, 5) is 19.5. The Morgan fingerprint density at radius 1 is 1.56 bits per heavy atom. The predicted octanol–water partition coefficient (Wildman–Crippen LogP) is 0.986. The molecule has 0 fully saturated rings. The molecule has 3 N–H and O–H groups in total. The highest BCUT2D eigenvalue weighted by atomic mass is 32.2. The van der Waals surface area contributed by atoms with E-state index in [2.05, 4.69) is 15.3 Å². The summed E-state index contributed by atoms with van der Waals surface area (Å²) < 4.78 is 0. The van der Waals surface area contributed by atoms with Gasteiger partial charge < -0.3 is 11.1 Å². The standard InChI is InChI=1S/C10H16N4OS/c1-3-4-12-9(15)6-16-10-13-7(2)5-8(11)14-10/h5H,3-4,6H2,1-2H3,(H,12,15)(H2,11,13,14). The van der Waals surface area contributed by atoms with Crippen LogP contribution in [0.1, 0.15) is 19.0 Å². The summed E-state index contributed by atoms with van der Waals surface area (Å²) in [6.45, 7) is 4.56. The van der Waals surface area contributed by atoms with Crippen LogP contribution >= 0.6 is 11.8 Å². The van der Waals surface area contributed by atoms with Crippen LogP contribution in [-0.4, -0.2) is 28.2 Å². The number of hydrogen-bond acceptors (Lipinski definition) is 5. The average molecular weight is 240 g/mol. The van der Waals surface area contributed by atoms with E-state index in [1.165, 1.54) is 11.8 Å². The maximum Gasteiger partial charge on any atom is 0.230 e. The molecule has 6 heteroatoms. The first kappa shape index (κ1) is 12.8. The molecular formula is C10H16N4OS. The lowest BCUT2D eigenvalue weighted by molar-refractivity contribution is -0.118. The van der Waals surface area contributed by atoms with Crippen LogP contribution in [0.3, 0.4) is 0 Å². The number of aryl methyl sites for hydroxylation is 1. The summed E-state index contributed by atoms with van der Waals surface area (Å²) in [5.74, 6) is 0.752. The molecule has 1 aromatic rings. The number of anilines is 1. The molecule has 0 saturated carbocycles. The smallest absolute Gasteiger partial charge is 0.230 e. The lowest BCUT2D eigenvalue weighted by Gasteiger charge is -2.03. The summed E-state index contributed by atoms with van der Waals surface area (Å²) >= 11 is 1.29. The third kappa shape index (κ3) is 4.48. The SMILES string of the molecule is CCCNC(=O)CSc1nc(C)cc(N)n1. The zero-order valence-electron chi connectivity index (χ0n) is 9.49. The van der Waals surface area contributed by atoms with E-state index < -0.39 is 0 Å². The van der Waals surface area contributed by atoms with E-state index in [0.717, 1.165) is 12.1 Å². The molecule has 0 radical (unpaired) electrons. The van der Waals surface area contributed by atoms with Crippen LogP contribution in [0, 0.1) is 6.92 Å². The van der Waals surface area contributed by atoms with Crippen molar-refractivity contribution in [1.29, 1.82) is 0 Å². The maximum absolute atomic E-state index is 11.3. The van der Waals surface area contributed by atoms with Gasteiger partial charge in [0.1, 0.15) is 5.82 Å². The van der Waals surface area contributed by atoms with E-state index in [1.807, 2.05) is 13.8 Å². The molecule has 16 heavy (non-hydrogen) atoms. The third-order valence-corrected chi connectivity index (χ3v) is 2.61. The molecule has 5 nitrogen and oxygen atoms in total. The number of nitrogens with one attached hydrogen (secondary N) is 1. The largest absolute Gasteiger partial charge is 0.384 e. The van der Waals surface area contributed by atoms with Gasteiger partial charge in [-0.3, -0.25) is 4.79 Å². The van der Waals surface area contributed by atoms with Crippen molar-refractivity contribution in [2.24, 2.45) is 0 Å². The van der Waals surface area contributed by atoms with Gasteiger partial charge in [-0.25, -0.2) is 9.97 Å². The topological polar surface area (TPSA) is 80.9 Å². The summed E-state index contributed by atoms with van der Waals surface area (Å²) in [6.07, 6.45) is 0.935. The van der Waals surface area contributed by atoms with Crippen molar-refractivity contribution >= 4 is 23.5 Å². The van der Waals surface area contributed by atoms with Crippen molar-refractivity contribution in [1.82, 2.24) is 15.3 Å². The Bertz CT molecular complexity index is 350. The number of nitrogens with two attached hydrogens (primary N) is 1. The minimum Gasteiger partial charge on any atom is -0.384 e. The van der Waals surface area contributed by atoms with Crippen molar-refractivity contribution in [2.75, 3.05) is 18.0 Å². The normalized spacial score (nSPS) is 10.1. The van der Waals surface area contributed by atoms with E-state index >= 15 is 0 Å². The van der Waals surface area contributed by atoms with Crippen molar-refractivity contribution in [3.8, 4) is 0 Å². The molecular weight excluding hydrogens is 224 g/mol. The first-order valence-electron chi connectivity index (χ1n) is 5.12. The Morgan fingerprint density at radius 3 is 2.94 bits per heavy atom. The number of nitrogens with zero attached hydrogens (tertiary/aromatic N) is 2. The average Bonchev–Trinajstić information content (AvgIpc) is 2.22. The van der Waals surface area contributed by atoms with Crippen LogP contribution < -0.4 is 11.1 Å². The zero-order valence-corrected chi connectivity index (χ0v) is 10.3. The van der Waals surface area contributed by atoms with E-state index in [4.69, 9.17) is 5.73 Å². The number of carbonyl (C=O) groups is 1. The fourth-order valence-corrected chi connectivity index (χ4v) is 1.82. The Morgan fingerprint density at radius 2 is 2.31 bits per heavy atom. The van der Waals surface area contributed by atoms with Crippen LogP contribution in [0.15, 0.2) is 11.2 Å². The van der Waals surface area contributed by atoms with E-state index in [0.29, 0.717) is 23.3 Å². The lowest BCUT2D eigenvalue weighted by Crippen LogP contribution is -2.25. The van der Waals surface area contributed by atoms with Crippen molar-refractivity contribution in [3.63, 3.8) is 0 Å². The highest BCUT2D eigenvalue weighted by Gasteiger charge is 2.05. The number of nitrogen functional groups attached to an aromatic ring is 1. The van der Waals surface area contributed by atoms with E-state index in [1.54, 1.807) is 6.07 Å². The van der Waals surface area contributed by atoms with E-state index in [9.17, 15) is 4.79 Å². The van der Waals surface area contributed by atoms with Gasteiger partial charge in [0.25, 0.3) is 0 Å². The van der Waals surface area contributed by atoms with Crippen LogP contribution in [0.25, 0.3) is 0 Å². The molecule has 0 bridgehead atoms. The Hall–Kier alpha value is -1.30. The molecule has 0 unspecified atom stereocenters. The van der Waals surface area contributed by atoms with Gasteiger partial charge in [0.2, 0.25) is 5.91 Å². The zero-order chi connectivity index (χ0) is 12.0. The molecule has 1 rings (SSSR count). The quantitative estimate of drug-likeness (QED) is 0.592. The highest BCUT2D eigenvalue weighted by molar-refractivity contribution is 7.99. The fourth-order valence-electron chi connectivity index (χ4n) is 1.07. The third-order valence-electron chi connectivity index (χ3n) is 1.76. The second-order valence-corrected chi connectivity index (χ2v) is 4.30. The summed E-state index contributed by atoms with van der Waals surface area (Å²) in [5, 5.41) is 3.33. The molecule has 0 aliphatic rings. The molecule has 88 valence electrons. The van der Waals surface area contributed by atoms with Gasteiger partial charge in [-0.05, 0) is 13.3 Å². The minimum absolute atomic E-state index is 0.00414. The molecule has 0 aliphatic heterocycles. The van der Waals surface area contributed by atoms with Gasteiger partial charge in [-0.15, -0.1) is 0 Å². The number of aromatic nitrogens is 2. The molecule has 0 saturated heterocycles. The van der Waals surface area contributed by atoms with Gasteiger partial charge in [0.15, 0.2) is 5.16 Å². The maximum atomic E-state index is 11.3. The van der Waals surface area contributed by atoms with Gasteiger partial charge >= 0.3 is 0 Å². The summed E-state index contributed by atoms with van der Waals surface area (Å²) in [7, 11) is 0. The van der Waals surface area contributed by atoms with Crippen molar-refractivity contribution in [3.05, 3.63) is 11.8 Å². The van der Waals surface area contributed by atoms with Gasteiger partial charge in [-0.1, -0.05) is 18.7 Å². The molecule has 1 heterocycles. The number of thioether (sulfide) groups is 1. The lowest BCUT2D eigenvalue weighted by atomic mass is 10.4. The monoisotopic (exact) mass is 240 g/mol. The molecule has 0 spiro atoms. The van der Waals surface area contributed by atoms with Crippen molar-refractivity contribution in [2.45, 2.75) is 25.4 Å². The number of hydrogen-bond donors (Lipinski definition) is 2. The molecule has 0 aliphatic carbocycles. The minimum atomic E-state index is -0.00414. The van der Waals surface area contributed by atoms with Gasteiger partial charge in [-0.2, -0.15) is 0 Å². The number of rotatable bonds is 5. The molecule has 0 aromatic carbocycles. The number of carbonyl (C=O) groups excluding carboxylic acids is 1. The molecule has 0 atom stereocenters. The first-order chi connectivity index (χ1) is 7.61. The molecule has 1 amide bonds. The van der Waals surface area contributed by atoms with Gasteiger partial charge in [0.05, 0.1) is 5.75 Å². The van der Waals surface area contributed by atoms with E-state index in [-0.39, 0.29) is 5.91 Å². The van der Waals surface area contributed by atoms with Crippen LogP contribution in [0.5, 0.6) is 0 Å². The van der Waals surface area contributed by atoms with Crippen LogP contribution in [-0.2, 0) is 4.79 Å². The van der Waals surface area contributed by atoms with Crippen LogP contribution in [0.4, 0.5) is 5.82 Å². The summed E-state index contributed by atoms with van der Waals surface area (Å²) in [6, 6.07) is 1.70. The molecule has 1 aromatic heterocycles. The highest BCUT2D eigenvalue weighted by Crippen LogP contribution is 2.14. The van der Waals surface area contributed by atoms with Crippen molar-refractivity contribution < 1.29 is 4.79 Å². The number of amides is 1. The second-order valence-electron chi connectivity index (χ2n) is 3.36. The predicted molar refractivity (Wildman–Crippen MR) is 65.2 cm³/mol. The van der Waals surface area contributed by atoms with Crippen LogP contribution in [0.2, 0.25) is 0 Å². The first-order valence-corrected chi connectivity index (χ1v) is 6.11. The summed E-state index contributed by atoms with van der Waals surface area (Å²) in [5.41, 5.74) is 6.39. The Labute approximate surface area is 99.2 Å². The second kappa shape index (κ2) is 6.32. The Balaban J connectivity index is 2.45. The van der Waals surface area contributed by atoms with Gasteiger partial charge in [0, 0.05) is 18.3 Å². The fraction of sp³-hybridized carbons (Fsp3) is 0.500. The Kier molecular flexibility index (Phi) is 5.04.